The number of primary amides is 1. The van der Waals surface area contributed by atoms with Crippen LogP contribution in [0.1, 0.15) is 12.8 Å². The molecule has 0 aromatic carbocycles. The predicted molar refractivity (Wildman–Crippen MR) is 56.5 cm³/mol. The quantitative estimate of drug-likeness (QED) is 0.601. The molecule has 0 saturated carbocycles. The van der Waals surface area contributed by atoms with Gasteiger partial charge in [-0.2, -0.15) is 0 Å². The van der Waals surface area contributed by atoms with Crippen molar-refractivity contribution in [3.8, 4) is 0 Å². The minimum absolute atomic E-state index is 0.0382. The van der Waals surface area contributed by atoms with Gasteiger partial charge in [0.1, 0.15) is 0 Å². The summed E-state index contributed by atoms with van der Waals surface area (Å²) in [5, 5.41) is 9.13. The van der Waals surface area contributed by atoms with E-state index >= 15 is 0 Å². The number of amides is 3. The van der Waals surface area contributed by atoms with Crippen molar-refractivity contribution in [2.45, 2.75) is 18.9 Å². The van der Waals surface area contributed by atoms with E-state index in [-0.39, 0.29) is 17.9 Å². The summed E-state index contributed by atoms with van der Waals surface area (Å²) >= 11 is 0. The summed E-state index contributed by atoms with van der Waals surface area (Å²) in [4.78, 5) is 26.1. The van der Waals surface area contributed by atoms with Crippen molar-refractivity contribution in [3.63, 3.8) is 0 Å². The second-order valence-electron chi connectivity index (χ2n) is 4.52. The van der Waals surface area contributed by atoms with Gasteiger partial charge in [-0.15, -0.1) is 0 Å². The van der Waals surface area contributed by atoms with Crippen molar-refractivity contribution in [3.05, 3.63) is 0 Å². The molecule has 3 amide bonds. The molecular formula is C10H17N3O3. The molecule has 2 fully saturated rings. The zero-order valence-electron chi connectivity index (χ0n) is 9.13. The van der Waals surface area contributed by atoms with E-state index in [2.05, 4.69) is 0 Å². The SMILES string of the molecule is NC(=O)N1CCCC(C(=O)N2CC(O)C2)C1. The predicted octanol–water partition coefficient (Wildman–Crippen LogP) is -1.02. The Bertz CT molecular complexity index is 302. The second-order valence-corrected chi connectivity index (χ2v) is 4.52. The maximum atomic E-state index is 11.9. The molecular weight excluding hydrogens is 210 g/mol. The Hall–Kier alpha value is -1.30. The first kappa shape index (κ1) is 11.2. The second kappa shape index (κ2) is 4.29. The minimum Gasteiger partial charge on any atom is -0.389 e. The number of hydrogen-bond donors (Lipinski definition) is 2. The van der Waals surface area contributed by atoms with Gasteiger partial charge < -0.3 is 20.6 Å². The van der Waals surface area contributed by atoms with Crippen LogP contribution in [0, 0.1) is 5.92 Å². The lowest BCUT2D eigenvalue weighted by Crippen LogP contribution is -2.57. The van der Waals surface area contributed by atoms with Gasteiger partial charge in [-0.05, 0) is 12.8 Å². The van der Waals surface area contributed by atoms with Crippen LogP contribution in [0.4, 0.5) is 4.79 Å². The lowest BCUT2D eigenvalue weighted by atomic mass is 9.95. The van der Waals surface area contributed by atoms with Crippen molar-refractivity contribution >= 4 is 11.9 Å². The largest absolute Gasteiger partial charge is 0.389 e. The highest BCUT2D eigenvalue weighted by molar-refractivity contribution is 5.81. The standard InChI is InChI=1S/C10H17N3O3/c11-10(16)12-3-1-2-7(4-12)9(15)13-5-8(14)6-13/h7-8,14H,1-6H2,(H2,11,16). The Balaban J connectivity index is 1.89. The first-order chi connectivity index (χ1) is 7.58. The summed E-state index contributed by atoms with van der Waals surface area (Å²) in [5.74, 6) is -0.106. The lowest BCUT2D eigenvalue weighted by molar-refractivity contribution is -0.147. The first-order valence-corrected chi connectivity index (χ1v) is 5.59. The van der Waals surface area contributed by atoms with E-state index in [1.807, 2.05) is 0 Å². The molecule has 0 aromatic rings. The number of hydrogen-bond acceptors (Lipinski definition) is 3. The van der Waals surface area contributed by atoms with E-state index in [4.69, 9.17) is 10.8 Å². The Labute approximate surface area is 94.0 Å². The van der Waals surface area contributed by atoms with Crippen molar-refractivity contribution in [2.24, 2.45) is 11.7 Å². The Morgan fingerprint density at radius 3 is 2.44 bits per heavy atom. The van der Waals surface area contributed by atoms with Crippen LogP contribution in [-0.2, 0) is 4.79 Å². The smallest absolute Gasteiger partial charge is 0.314 e. The fraction of sp³-hybridized carbons (Fsp3) is 0.800. The van der Waals surface area contributed by atoms with Gasteiger partial charge in [-0.25, -0.2) is 4.79 Å². The number of carbonyl (C=O) groups excluding carboxylic acids is 2. The number of urea groups is 1. The number of nitrogens with zero attached hydrogens (tertiary/aromatic N) is 2. The number of carbonyl (C=O) groups is 2. The van der Waals surface area contributed by atoms with Crippen LogP contribution in [0.2, 0.25) is 0 Å². The number of rotatable bonds is 1. The average Bonchev–Trinajstić information content (AvgIpc) is 2.24. The van der Waals surface area contributed by atoms with Crippen molar-refractivity contribution in [1.29, 1.82) is 0 Å². The molecule has 6 nitrogen and oxygen atoms in total. The Morgan fingerprint density at radius 1 is 1.19 bits per heavy atom. The zero-order valence-corrected chi connectivity index (χ0v) is 9.13. The Kier molecular flexibility index (Phi) is 3.00. The zero-order chi connectivity index (χ0) is 11.7. The van der Waals surface area contributed by atoms with E-state index in [1.54, 1.807) is 4.90 Å². The van der Waals surface area contributed by atoms with Gasteiger partial charge in [0.05, 0.1) is 12.0 Å². The third kappa shape index (κ3) is 2.11. The van der Waals surface area contributed by atoms with Gasteiger partial charge in [0.15, 0.2) is 0 Å². The molecule has 0 bridgehead atoms. The molecule has 2 heterocycles. The number of nitrogens with two attached hydrogens (primary N) is 1. The molecule has 16 heavy (non-hydrogen) atoms. The fourth-order valence-electron chi connectivity index (χ4n) is 2.27. The highest BCUT2D eigenvalue weighted by Crippen LogP contribution is 2.21. The third-order valence-electron chi connectivity index (χ3n) is 3.26. The van der Waals surface area contributed by atoms with Gasteiger partial charge in [-0.1, -0.05) is 0 Å². The van der Waals surface area contributed by atoms with Crippen molar-refractivity contribution in [2.75, 3.05) is 26.2 Å². The maximum absolute atomic E-state index is 11.9. The molecule has 6 heteroatoms. The van der Waals surface area contributed by atoms with Crippen LogP contribution in [0.5, 0.6) is 0 Å². The summed E-state index contributed by atoms with van der Waals surface area (Å²) in [6, 6.07) is -0.457. The molecule has 0 aromatic heterocycles. The van der Waals surface area contributed by atoms with Crippen LogP contribution in [-0.4, -0.2) is 59.1 Å². The average molecular weight is 227 g/mol. The Morgan fingerprint density at radius 2 is 1.88 bits per heavy atom. The van der Waals surface area contributed by atoms with Gasteiger partial charge in [0.25, 0.3) is 0 Å². The topological polar surface area (TPSA) is 86.9 Å². The van der Waals surface area contributed by atoms with Gasteiger partial charge in [0, 0.05) is 26.2 Å². The molecule has 1 unspecified atom stereocenters. The molecule has 2 aliphatic rings. The van der Waals surface area contributed by atoms with Gasteiger partial charge >= 0.3 is 6.03 Å². The molecule has 0 radical (unpaired) electrons. The highest BCUT2D eigenvalue weighted by atomic mass is 16.3. The van der Waals surface area contributed by atoms with Crippen molar-refractivity contribution in [1.82, 2.24) is 9.80 Å². The van der Waals surface area contributed by atoms with Gasteiger partial charge in [0.2, 0.25) is 5.91 Å². The van der Waals surface area contributed by atoms with Crippen LogP contribution in [0.3, 0.4) is 0 Å². The number of piperidine rings is 1. The third-order valence-corrected chi connectivity index (χ3v) is 3.26. The molecule has 2 rings (SSSR count). The number of likely N-dealkylation sites (tertiary alicyclic amines) is 2. The van der Waals surface area contributed by atoms with E-state index in [0.29, 0.717) is 26.2 Å². The van der Waals surface area contributed by atoms with E-state index in [9.17, 15) is 9.59 Å². The summed E-state index contributed by atoms with van der Waals surface area (Å²) < 4.78 is 0. The van der Waals surface area contributed by atoms with E-state index < -0.39 is 6.03 Å². The normalized spacial score (nSPS) is 26.4. The summed E-state index contributed by atoms with van der Waals surface area (Å²) in [6.07, 6.45) is 1.24. The molecule has 0 spiro atoms. The maximum Gasteiger partial charge on any atom is 0.314 e. The molecule has 0 aliphatic carbocycles. The number of aliphatic hydroxyl groups is 1. The lowest BCUT2D eigenvalue weighted by Gasteiger charge is -2.40. The summed E-state index contributed by atoms with van der Waals surface area (Å²) in [7, 11) is 0. The fourth-order valence-corrected chi connectivity index (χ4v) is 2.27. The summed E-state index contributed by atoms with van der Waals surface area (Å²) in [6.45, 7) is 1.90. The van der Waals surface area contributed by atoms with Crippen LogP contribution < -0.4 is 5.73 Å². The highest BCUT2D eigenvalue weighted by Gasteiger charge is 2.35. The first-order valence-electron chi connectivity index (χ1n) is 5.59. The molecule has 1 atom stereocenters. The number of β-amino-alcohol motifs (C(OH)–C–C–N with tert-alkyl or cyclic N) is 1. The minimum atomic E-state index is -0.457. The van der Waals surface area contributed by atoms with E-state index in [0.717, 1.165) is 12.8 Å². The molecule has 2 saturated heterocycles. The molecule has 2 aliphatic heterocycles. The van der Waals surface area contributed by atoms with Gasteiger partial charge in [-0.3, -0.25) is 4.79 Å². The van der Waals surface area contributed by atoms with Crippen LogP contribution in [0.15, 0.2) is 0 Å². The van der Waals surface area contributed by atoms with Crippen LogP contribution >= 0.6 is 0 Å². The molecule has 90 valence electrons. The van der Waals surface area contributed by atoms with Crippen LogP contribution in [0.25, 0.3) is 0 Å². The van der Waals surface area contributed by atoms with Crippen molar-refractivity contribution < 1.29 is 14.7 Å². The monoisotopic (exact) mass is 227 g/mol. The molecule has 3 N–H and O–H groups in total. The summed E-state index contributed by atoms with van der Waals surface area (Å²) in [5.41, 5.74) is 5.20. The number of aliphatic hydroxyl groups excluding tert-OH is 1. The van der Waals surface area contributed by atoms with E-state index in [1.165, 1.54) is 4.90 Å².